The SMILES string of the molecule is CCCCNc1cc2c(cc1Cl)OCCO2. The molecule has 16 heavy (non-hydrogen) atoms. The zero-order valence-corrected chi connectivity index (χ0v) is 10.1. The summed E-state index contributed by atoms with van der Waals surface area (Å²) < 4.78 is 10.9. The Morgan fingerprint density at radius 1 is 1.25 bits per heavy atom. The first-order chi connectivity index (χ1) is 7.81. The fourth-order valence-corrected chi connectivity index (χ4v) is 1.82. The molecule has 0 saturated carbocycles. The van der Waals surface area contributed by atoms with Crippen molar-refractivity contribution >= 4 is 17.3 Å². The summed E-state index contributed by atoms with van der Waals surface area (Å²) in [6.45, 7) is 4.28. The highest BCUT2D eigenvalue weighted by molar-refractivity contribution is 6.33. The molecule has 0 atom stereocenters. The van der Waals surface area contributed by atoms with E-state index in [1.807, 2.05) is 12.1 Å². The molecule has 0 aliphatic carbocycles. The normalized spacial score (nSPS) is 13.6. The maximum absolute atomic E-state index is 6.14. The molecule has 0 amide bonds. The maximum Gasteiger partial charge on any atom is 0.163 e. The third kappa shape index (κ3) is 2.53. The van der Waals surface area contributed by atoms with Crippen LogP contribution in [0.1, 0.15) is 19.8 Å². The van der Waals surface area contributed by atoms with Crippen LogP contribution in [0.2, 0.25) is 5.02 Å². The summed E-state index contributed by atoms with van der Waals surface area (Å²) in [5.41, 5.74) is 0.916. The maximum atomic E-state index is 6.14. The Bertz CT molecular complexity index is 368. The first-order valence-electron chi connectivity index (χ1n) is 5.64. The van der Waals surface area contributed by atoms with Gasteiger partial charge in [-0.15, -0.1) is 0 Å². The van der Waals surface area contributed by atoms with Gasteiger partial charge in [-0.1, -0.05) is 24.9 Å². The van der Waals surface area contributed by atoms with Gasteiger partial charge in [0.05, 0.1) is 10.7 Å². The molecule has 0 saturated heterocycles. The molecule has 0 spiro atoms. The average Bonchev–Trinajstić information content (AvgIpc) is 2.30. The molecule has 0 bridgehead atoms. The van der Waals surface area contributed by atoms with Crippen LogP contribution in [0.25, 0.3) is 0 Å². The predicted molar refractivity (Wildman–Crippen MR) is 65.8 cm³/mol. The van der Waals surface area contributed by atoms with Gasteiger partial charge in [-0.05, 0) is 6.42 Å². The van der Waals surface area contributed by atoms with Crippen molar-refractivity contribution in [2.45, 2.75) is 19.8 Å². The second-order valence-corrected chi connectivity index (χ2v) is 4.16. The number of rotatable bonds is 4. The van der Waals surface area contributed by atoms with Crippen LogP contribution in [-0.4, -0.2) is 19.8 Å². The minimum atomic E-state index is 0.589. The van der Waals surface area contributed by atoms with Gasteiger partial charge in [0, 0.05) is 18.7 Å². The largest absolute Gasteiger partial charge is 0.486 e. The van der Waals surface area contributed by atoms with E-state index < -0.39 is 0 Å². The van der Waals surface area contributed by atoms with Gasteiger partial charge in [-0.3, -0.25) is 0 Å². The minimum Gasteiger partial charge on any atom is -0.486 e. The van der Waals surface area contributed by atoms with Gasteiger partial charge >= 0.3 is 0 Å². The Morgan fingerprint density at radius 3 is 2.62 bits per heavy atom. The number of nitrogens with one attached hydrogen (secondary N) is 1. The van der Waals surface area contributed by atoms with Crippen LogP contribution in [0.4, 0.5) is 5.69 Å². The highest BCUT2D eigenvalue weighted by Crippen LogP contribution is 2.37. The van der Waals surface area contributed by atoms with Crippen LogP contribution >= 0.6 is 11.6 Å². The summed E-state index contributed by atoms with van der Waals surface area (Å²) in [6, 6.07) is 3.72. The van der Waals surface area contributed by atoms with Gasteiger partial charge in [0.1, 0.15) is 13.2 Å². The molecule has 1 N–H and O–H groups in total. The molecular formula is C12H16ClNO2. The van der Waals surface area contributed by atoms with E-state index in [1.165, 1.54) is 0 Å². The Hall–Kier alpha value is -1.09. The number of halogens is 1. The number of hydrogen-bond acceptors (Lipinski definition) is 3. The second kappa shape index (κ2) is 5.30. The highest BCUT2D eigenvalue weighted by Gasteiger charge is 2.14. The van der Waals surface area contributed by atoms with E-state index >= 15 is 0 Å². The van der Waals surface area contributed by atoms with E-state index in [9.17, 15) is 0 Å². The summed E-state index contributed by atoms with van der Waals surface area (Å²) >= 11 is 6.14. The average molecular weight is 242 g/mol. The molecule has 1 aromatic rings. The topological polar surface area (TPSA) is 30.5 Å². The van der Waals surface area contributed by atoms with E-state index in [2.05, 4.69) is 12.2 Å². The van der Waals surface area contributed by atoms with Crippen molar-refractivity contribution in [2.75, 3.05) is 25.1 Å². The van der Waals surface area contributed by atoms with Gasteiger partial charge in [0.2, 0.25) is 0 Å². The van der Waals surface area contributed by atoms with E-state index in [4.69, 9.17) is 21.1 Å². The van der Waals surface area contributed by atoms with Crippen molar-refractivity contribution in [3.05, 3.63) is 17.2 Å². The lowest BCUT2D eigenvalue weighted by atomic mass is 10.2. The minimum absolute atomic E-state index is 0.589. The van der Waals surface area contributed by atoms with Crippen molar-refractivity contribution in [1.29, 1.82) is 0 Å². The Kier molecular flexibility index (Phi) is 3.78. The fraction of sp³-hybridized carbons (Fsp3) is 0.500. The molecule has 0 aromatic heterocycles. The molecule has 1 aromatic carbocycles. The Morgan fingerprint density at radius 2 is 1.94 bits per heavy atom. The molecule has 3 nitrogen and oxygen atoms in total. The van der Waals surface area contributed by atoms with Crippen molar-refractivity contribution < 1.29 is 9.47 Å². The number of benzene rings is 1. The molecule has 4 heteroatoms. The standard InChI is InChI=1S/C12H16ClNO2/c1-2-3-4-14-10-8-12-11(7-9(10)13)15-5-6-16-12/h7-8,14H,2-6H2,1H3. The third-order valence-corrected chi connectivity index (χ3v) is 2.79. The summed E-state index contributed by atoms with van der Waals surface area (Å²) in [5.74, 6) is 1.51. The molecule has 0 fully saturated rings. The molecule has 1 aliphatic heterocycles. The fourth-order valence-electron chi connectivity index (χ4n) is 1.60. The van der Waals surface area contributed by atoms with Crippen LogP contribution in [-0.2, 0) is 0 Å². The predicted octanol–water partition coefficient (Wildman–Crippen LogP) is 3.32. The molecule has 2 rings (SSSR count). The Balaban J connectivity index is 2.12. The van der Waals surface area contributed by atoms with Crippen molar-refractivity contribution in [3.63, 3.8) is 0 Å². The lowest BCUT2D eigenvalue weighted by molar-refractivity contribution is 0.171. The lowest BCUT2D eigenvalue weighted by Crippen LogP contribution is -2.15. The van der Waals surface area contributed by atoms with Gasteiger partial charge in [-0.2, -0.15) is 0 Å². The van der Waals surface area contributed by atoms with Gasteiger partial charge in [0.25, 0.3) is 0 Å². The molecule has 1 aliphatic rings. The first kappa shape index (κ1) is 11.4. The quantitative estimate of drug-likeness (QED) is 0.821. The van der Waals surface area contributed by atoms with Crippen LogP contribution in [0, 0.1) is 0 Å². The van der Waals surface area contributed by atoms with Gasteiger partial charge in [0.15, 0.2) is 11.5 Å². The molecule has 0 unspecified atom stereocenters. The summed E-state index contributed by atoms with van der Waals surface area (Å²) in [4.78, 5) is 0. The number of ether oxygens (including phenoxy) is 2. The summed E-state index contributed by atoms with van der Waals surface area (Å²) in [5, 5.41) is 3.98. The number of fused-ring (bicyclic) bond motifs is 1. The lowest BCUT2D eigenvalue weighted by Gasteiger charge is -2.20. The molecule has 1 heterocycles. The van der Waals surface area contributed by atoms with E-state index in [0.29, 0.717) is 18.2 Å². The third-order valence-electron chi connectivity index (χ3n) is 2.48. The monoisotopic (exact) mass is 241 g/mol. The zero-order chi connectivity index (χ0) is 11.4. The van der Waals surface area contributed by atoms with E-state index in [0.717, 1.165) is 36.6 Å². The van der Waals surface area contributed by atoms with Crippen LogP contribution in [0.3, 0.4) is 0 Å². The number of unbranched alkanes of at least 4 members (excludes halogenated alkanes) is 1. The van der Waals surface area contributed by atoms with Crippen LogP contribution < -0.4 is 14.8 Å². The van der Waals surface area contributed by atoms with E-state index in [-0.39, 0.29) is 0 Å². The number of hydrogen-bond donors (Lipinski definition) is 1. The molecular weight excluding hydrogens is 226 g/mol. The van der Waals surface area contributed by atoms with Crippen LogP contribution in [0.15, 0.2) is 12.1 Å². The van der Waals surface area contributed by atoms with Crippen molar-refractivity contribution in [1.82, 2.24) is 0 Å². The van der Waals surface area contributed by atoms with Crippen LogP contribution in [0.5, 0.6) is 11.5 Å². The van der Waals surface area contributed by atoms with E-state index in [1.54, 1.807) is 0 Å². The van der Waals surface area contributed by atoms with Crippen molar-refractivity contribution in [3.8, 4) is 11.5 Å². The Labute approximate surface area is 101 Å². The first-order valence-corrected chi connectivity index (χ1v) is 6.02. The molecule has 0 radical (unpaired) electrons. The number of anilines is 1. The second-order valence-electron chi connectivity index (χ2n) is 3.76. The molecule has 88 valence electrons. The smallest absolute Gasteiger partial charge is 0.163 e. The highest BCUT2D eigenvalue weighted by atomic mass is 35.5. The zero-order valence-electron chi connectivity index (χ0n) is 9.38. The van der Waals surface area contributed by atoms with Crippen molar-refractivity contribution in [2.24, 2.45) is 0 Å². The summed E-state index contributed by atoms with van der Waals surface area (Å²) in [6.07, 6.45) is 2.29. The van der Waals surface area contributed by atoms with Gasteiger partial charge < -0.3 is 14.8 Å². The summed E-state index contributed by atoms with van der Waals surface area (Å²) in [7, 11) is 0. The van der Waals surface area contributed by atoms with Gasteiger partial charge in [-0.25, -0.2) is 0 Å².